The van der Waals surface area contributed by atoms with Crippen LogP contribution in [0.5, 0.6) is 0 Å². The highest BCUT2D eigenvalue weighted by Gasteiger charge is 2.18. The van der Waals surface area contributed by atoms with E-state index in [9.17, 15) is 9.90 Å². The van der Waals surface area contributed by atoms with Crippen molar-refractivity contribution in [2.75, 3.05) is 0 Å². The van der Waals surface area contributed by atoms with E-state index in [0.717, 1.165) is 30.0 Å². The van der Waals surface area contributed by atoms with E-state index in [2.05, 4.69) is 22.6 Å². The minimum Gasteiger partial charge on any atom is -0.480 e. The largest absolute Gasteiger partial charge is 0.480 e. The first-order valence-corrected chi connectivity index (χ1v) is 9.17. The third kappa shape index (κ3) is 3.36. The molecule has 0 spiro atoms. The molecule has 3 rings (SSSR count). The molecule has 23 heavy (non-hydrogen) atoms. The van der Waals surface area contributed by atoms with Gasteiger partial charge >= 0.3 is 5.97 Å². The summed E-state index contributed by atoms with van der Waals surface area (Å²) in [5.41, 5.74) is 1.92. The van der Waals surface area contributed by atoms with E-state index in [0.29, 0.717) is 5.02 Å². The molecule has 118 valence electrons. The maximum Gasteiger partial charge on any atom is 0.323 e. The molecule has 0 unspecified atom stereocenters. The Balaban J connectivity index is 2.17. The van der Waals surface area contributed by atoms with Gasteiger partial charge in [-0.1, -0.05) is 29.4 Å². The Morgan fingerprint density at radius 1 is 1.26 bits per heavy atom. The molecule has 1 heterocycles. The molecule has 0 bridgehead atoms. The zero-order valence-electron chi connectivity index (χ0n) is 12.2. The van der Waals surface area contributed by atoms with Crippen molar-refractivity contribution in [3.05, 3.63) is 56.8 Å². The molecule has 3 aromatic rings. The van der Waals surface area contributed by atoms with E-state index < -0.39 is 5.97 Å². The van der Waals surface area contributed by atoms with Crippen LogP contribution in [0.15, 0.2) is 52.3 Å². The number of carbonyl (C=O) groups is 1. The van der Waals surface area contributed by atoms with Crippen LogP contribution in [-0.4, -0.2) is 15.6 Å². The molecule has 0 fully saturated rings. The summed E-state index contributed by atoms with van der Waals surface area (Å²) in [7, 11) is 0. The number of benzene rings is 2. The lowest BCUT2D eigenvalue weighted by molar-refractivity contribution is -0.137. The van der Waals surface area contributed by atoms with E-state index in [1.807, 2.05) is 54.0 Å². The lowest BCUT2D eigenvalue weighted by Crippen LogP contribution is -2.09. The summed E-state index contributed by atoms with van der Waals surface area (Å²) in [6, 6.07) is 13.6. The monoisotopic (exact) mass is 457 g/mol. The average molecular weight is 458 g/mol. The molecule has 0 aliphatic heterocycles. The number of hydrogen-bond donors (Lipinski definition) is 1. The molecule has 0 aliphatic carbocycles. The van der Waals surface area contributed by atoms with Gasteiger partial charge in [0.2, 0.25) is 0 Å². The zero-order valence-corrected chi connectivity index (χ0v) is 15.9. The predicted octanol–water partition coefficient (Wildman–Crippen LogP) is 5.44. The summed E-state index contributed by atoms with van der Waals surface area (Å²) >= 11 is 9.89. The number of hydrogen-bond acceptors (Lipinski definition) is 2. The van der Waals surface area contributed by atoms with Crippen LogP contribution in [0, 0.1) is 10.5 Å². The second-order valence-electron chi connectivity index (χ2n) is 5.08. The molecule has 0 amide bonds. The molecule has 3 nitrogen and oxygen atoms in total. The fourth-order valence-corrected chi connectivity index (χ4v) is 4.68. The molecule has 0 saturated carbocycles. The van der Waals surface area contributed by atoms with Crippen molar-refractivity contribution in [2.45, 2.75) is 23.3 Å². The maximum absolute atomic E-state index is 11.2. The Bertz CT molecular complexity index is 890. The summed E-state index contributed by atoms with van der Waals surface area (Å²) in [4.78, 5) is 13.4. The van der Waals surface area contributed by atoms with Crippen molar-refractivity contribution < 1.29 is 9.90 Å². The molecule has 0 radical (unpaired) electrons. The van der Waals surface area contributed by atoms with Crippen LogP contribution in [-0.2, 0) is 11.3 Å². The van der Waals surface area contributed by atoms with Crippen LogP contribution >= 0.6 is 46.0 Å². The summed E-state index contributed by atoms with van der Waals surface area (Å²) in [5.74, 6) is -0.841. The van der Waals surface area contributed by atoms with Gasteiger partial charge in [-0.15, -0.1) is 0 Å². The Labute approximate surface area is 156 Å². The fourth-order valence-electron chi connectivity index (χ4n) is 2.53. The van der Waals surface area contributed by atoms with Crippen LogP contribution in [0.2, 0.25) is 5.02 Å². The summed E-state index contributed by atoms with van der Waals surface area (Å²) in [6.45, 7) is 1.93. The molecule has 6 heteroatoms. The number of aliphatic carboxylic acids is 1. The van der Waals surface area contributed by atoms with Gasteiger partial charge in [0.15, 0.2) is 0 Å². The van der Waals surface area contributed by atoms with Crippen molar-refractivity contribution in [1.29, 1.82) is 0 Å². The second-order valence-corrected chi connectivity index (χ2v) is 7.77. The van der Waals surface area contributed by atoms with Crippen LogP contribution < -0.4 is 0 Å². The van der Waals surface area contributed by atoms with E-state index in [1.54, 1.807) is 11.8 Å². The number of rotatable bonds is 4. The van der Waals surface area contributed by atoms with Crippen molar-refractivity contribution in [1.82, 2.24) is 4.57 Å². The van der Waals surface area contributed by atoms with Gasteiger partial charge in [0.05, 0.1) is 5.52 Å². The minimum absolute atomic E-state index is 0.0381. The molecule has 1 N–H and O–H groups in total. The normalized spacial score (nSPS) is 11.1. The number of aromatic nitrogens is 1. The number of carboxylic acid groups (broad SMARTS) is 1. The molecule has 0 aliphatic rings. The number of halogens is 2. The Morgan fingerprint density at radius 2 is 1.96 bits per heavy atom. The third-order valence-corrected chi connectivity index (χ3v) is 5.93. The first kappa shape index (κ1) is 16.7. The average Bonchev–Trinajstić information content (AvgIpc) is 2.76. The van der Waals surface area contributed by atoms with Crippen LogP contribution in [0.25, 0.3) is 10.9 Å². The van der Waals surface area contributed by atoms with E-state index in [4.69, 9.17) is 11.6 Å². The first-order valence-electron chi connectivity index (χ1n) is 6.90. The molecule has 1 aromatic heterocycles. The molecular weight excluding hydrogens is 445 g/mol. The SMILES string of the molecule is Cc1c(Sc2ccc(Cl)cc2)c2c(I)cccc2n1CC(=O)O. The molecular formula is C17H13ClINO2S. The Morgan fingerprint density at radius 3 is 2.61 bits per heavy atom. The van der Waals surface area contributed by atoms with Crippen molar-refractivity contribution in [3.63, 3.8) is 0 Å². The number of fused-ring (bicyclic) bond motifs is 1. The highest BCUT2D eigenvalue weighted by molar-refractivity contribution is 14.1. The van der Waals surface area contributed by atoms with Gasteiger partial charge in [-0.05, 0) is 65.9 Å². The number of carboxylic acids is 1. The summed E-state index contributed by atoms with van der Waals surface area (Å²) < 4.78 is 2.97. The van der Waals surface area contributed by atoms with E-state index >= 15 is 0 Å². The van der Waals surface area contributed by atoms with Crippen molar-refractivity contribution >= 4 is 62.8 Å². The van der Waals surface area contributed by atoms with Gasteiger partial charge in [0.1, 0.15) is 6.54 Å². The standard InChI is InChI=1S/C17H13ClINO2S/c1-10-17(23-12-7-5-11(18)6-8-12)16-13(19)3-2-4-14(16)20(10)9-15(21)22/h2-8H,9H2,1H3,(H,21,22). The lowest BCUT2D eigenvalue weighted by Gasteiger charge is -2.05. The van der Waals surface area contributed by atoms with Crippen LogP contribution in [0.3, 0.4) is 0 Å². The summed E-state index contributed by atoms with van der Waals surface area (Å²) in [5, 5.41) is 11.0. The quantitative estimate of drug-likeness (QED) is 0.530. The Kier molecular flexibility index (Phi) is 4.89. The van der Waals surface area contributed by atoms with Gasteiger partial charge in [-0.25, -0.2) is 0 Å². The third-order valence-electron chi connectivity index (χ3n) is 3.57. The minimum atomic E-state index is -0.841. The second kappa shape index (κ2) is 6.75. The smallest absolute Gasteiger partial charge is 0.323 e. The van der Waals surface area contributed by atoms with Gasteiger partial charge in [-0.2, -0.15) is 0 Å². The topological polar surface area (TPSA) is 42.2 Å². The van der Waals surface area contributed by atoms with Crippen LogP contribution in [0.1, 0.15) is 5.69 Å². The molecule has 0 saturated heterocycles. The first-order chi connectivity index (χ1) is 11.0. The molecule has 2 aromatic carbocycles. The van der Waals surface area contributed by atoms with E-state index in [1.165, 1.54) is 0 Å². The van der Waals surface area contributed by atoms with Gasteiger partial charge in [0.25, 0.3) is 0 Å². The fraction of sp³-hybridized carbons (Fsp3) is 0.118. The summed E-state index contributed by atoms with van der Waals surface area (Å²) in [6.07, 6.45) is 0. The predicted molar refractivity (Wildman–Crippen MR) is 103 cm³/mol. The zero-order chi connectivity index (χ0) is 16.6. The van der Waals surface area contributed by atoms with Crippen molar-refractivity contribution in [2.24, 2.45) is 0 Å². The van der Waals surface area contributed by atoms with Crippen molar-refractivity contribution in [3.8, 4) is 0 Å². The van der Waals surface area contributed by atoms with Gasteiger partial charge in [0, 0.05) is 29.5 Å². The molecule has 0 atom stereocenters. The van der Waals surface area contributed by atoms with Gasteiger partial charge < -0.3 is 9.67 Å². The lowest BCUT2D eigenvalue weighted by atomic mass is 10.2. The maximum atomic E-state index is 11.2. The Hall–Kier alpha value is -1.18. The van der Waals surface area contributed by atoms with Crippen LogP contribution in [0.4, 0.5) is 0 Å². The van der Waals surface area contributed by atoms with E-state index in [-0.39, 0.29) is 6.54 Å². The highest BCUT2D eigenvalue weighted by atomic mass is 127. The van der Waals surface area contributed by atoms with Gasteiger partial charge in [-0.3, -0.25) is 4.79 Å². The highest BCUT2D eigenvalue weighted by Crippen LogP contribution is 2.40. The number of nitrogens with zero attached hydrogens (tertiary/aromatic N) is 1.